The van der Waals surface area contributed by atoms with E-state index >= 15 is 0 Å². The second-order valence-electron chi connectivity index (χ2n) is 6.33. The summed E-state index contributed by atoms with van der Waals surface area (Å²) in [5.41, 5.74) is 2.03. The van der Waals surface area contributed by atoms with Crippen LogP contribution in [0.1, 0.15) is 18.1 Å². The molecule has 0 saturated carbocycles. The molecular weight excluding hydrogens is 406 g/mol. The number of amides is 1. The van der Waals surface area contributed by atoms with Gasteiger partial charge in [0.15, 0.2) is 0 Å². The van der Waals surface area contributed by atoms with Crippen LogP contribution in [0.15, 0.2) is 89.8 Å². The number of rotatable bonds is 6. The Bertz CT molecular complexity index is 1120. The molecule has 3 rings (SSSR count). The maximum atomic E-state index is 13.2. The van der Waals surface area contributed by atoms with E-state index in [1.807, 2.05) is 19.1 Å². The van der Waals surface area contributed by atoms with Gasteiger partial charge in [-0.15, -0.1) is 0 Å². The van der Waals surface area contributed by atoms with Gasteiger partial charge in [0.2, 0.25) is 0 Å². The lowest BCUT2D eigenvalue weighted by Crippen LogP contribution is -2.35. The van der Waals surface area contributed by atoms with Gasteiger partial charge < -0.3 is 0 Å². The highest BCUT2D eigenvalue weighted by Crippen LogP contribution is 2.25. The van der Waals surface area contributed by atoms with E-state index < -0.39 is 15.9 Å². The van der Waals surface area contributed by atoms with Crippen LogP contribution in [0.2, 0.25) is 5.02 Å². The van der Waals surface area contributed by atoms with Crippen molar-refractivity contribution in [1.82, 2.24) is 0 Å². The van der Waals surface area contributed by atoms with Gasteiger partial charge in [-0.05, 0) is 60.0 Å². The van der Waals surface area contributed by atoms with Crippen LogP contribution in [-0.4, -0.2) is 14.3 Å². The summed E-state index contributed by atoms with van der Waals surface area (Å²) in [6.07, 6.45) is 3.59. The molecule has 0 spiro atoms. The predicted molar refractivity (Wildman–Crippen MR) is 117 cm³/mol. The second-order valence-corrected chi connectivity index (χ2v) is 8.55. The average molecular weight is 426 g/mol. The molecule has 0 bridgehead atoms. The Morgan fingerprint density at radius 3 is 2.28 bits per heavy atom. The van der Waals surface area contributed by atoms with Crippen molar-refractivity contribution >= 4 is 39.3 Å². The zero-order valence-electron chi connectivity index (χ0n) is 15.8. The van der Waals surface area contributed by atoms with Gasteiger partial charge in [0.05, 0.1) is 10.6 Å². The molecule has 0 N–H and O–H groups in total. The normalized spacial score (nSPS) is 11.5. The molecule has 0 aliphatic rings. The first-order valence-electron chi connectivity index (χ1n) is 9.09. The fraction of sp³-hybridized carbons (Fsp3) is 0.0870. The first-order chi connectivity index (χ1) is 13.9. The van der Waals surface area contributed by atoms with E-state index in [0.29, 0.717) is 10.6 Å². The van der Waals surface area contributed by atoms with E-state index in [2.05, 4.69) is 0 Å². The second kappa shape index (κ2) is 9.07. The standard InChI is InChI=1S/C23H20ClNO3S/c1-2-18-11-14-21(15-12-18)25(29(27,28)22-9-4-3-5-10-22)23(26)16-13-19-7-6-8-20(24)17-19/h3-17H,2H2,1H3/b16-13+. The highest BCUT2D eigenvalue weighted by molar-refractivity contribution is 7.93. The largest absolute Gasteiger partial charge is 0.271 e. The van der Waals surface area contributed by atoms with E-state index in [1.165, 1.54) is 18.2 Å². The average Bonchev–Trinajstić information content (AvgIpc) is 2.73. The first kappa shape index (κ1) is 20.8. The summed E-state index contributed by atoms with van der Waals surface area (Å²) in [5, 5.41) is 0.531. The SMILES string of the molecule is CCc1ccc(N(C(=O)/C=C/c2cccc(Cl)c2)S(=O)(=O)c2ccccc2)cc1. The molecule has 0 saturated heterocycles. The maximum absolute atomic E-state index is 13.2. The van der Waals surface area contributed by atoms with Crippen LogP contribution in [0.25, 0.3) is 6.08 Å². The molecule has 0 aliphatic heterocycles. The minimum absolute atomic E-state index is 0.0454. The van der Waals surface area contributed by atoms with E-state index in [0.717, 1.165) is 16.3 Å². The summed E-state index contributed by atoms with van der Waals surface area (Å²) >= 11 is 5.97. The Balaban J connectivity index is 2.03. The van der Waals surface area contributed by atoms with Crippen molar-refractivity contribution < 1.29 is 13.2 Å². The molecule has 0 aliphatic carbocycles. The molecule has 3 aromatic carbocycles. The maximum Gasteiger partial charge on any atom is 0.271 e. The number of hydrogen-bond acceptors (Lipinski definition) is 3. The van der Waals surface area contributed by atoms with Crippen LogP contribution < -0.4 is 4.31 Å². The zero-order chi connectivity index (χ0) is 20.9. The van der Waals surface area contributed by atoms with Crippen molar-refractivity contribution in [2.75, 3.05) is 4.31 Å². The van der Waals surface area contributed by atoms with Gasteiger partial charge in [-0.1, -0.05) is 61.0 Å². The molecule has 29 heavy (non-hydrogen) atoms. The molecule has 0 heterocycles. The fourth-order valence-electron chi connectivity index (χ4n) is 2.79. The third kappa shape index (κ3) is 4.94. The van der Waals surface area contributed by atoms with Crippen molar-refractivity contribution in [3.8, 4) is 0 Å². The summed E-state index contributed by atoms with van der Waals surface area (Å²) in [6, 6.07) is 21.8. The molecule has 148 valence electrons. The smallest absolute Gasteiger partial charge is 0.268 e. The highest BCUT2D eigenvalue weighted by Gasteiger charge is 2.29. The van der Waals surface area contributed by atoms with Crippen molar-refractivity contribution in [3.63, 3.8) is 0 Å². The predicted octanol–water partition coefficient (Wildman–Crippen LogP) is 5.34. The van der Waals surface area contributed by atoms with Crippen LogP contribution in [-0.2, 0) is 21.2 Å². The summed E-state index contributed by atoms with van der Waals surface area (Å²) in [7, 11) is -4.08. The summed E-state index contributed by atoms with van der Waals surface area (Å²) in [5.74, 6) is -0.668. The lowest BCUT2D eigenvalue weighted by Gasteiger charge is -2.21. The number of anilines is 1. The minimum Gasteiger partial charge on any atom is -0.268 e. The lowest BCUT2D eigenvalue weighted by atomic mass is 10.1. The Kier molecular flexibility index (Phi) is 6.52. The van der Waals surface area contributed by atoms with Crippen molar-refractivity contribution in [1.29, 1.82) is 0 Å². The topological polar surface area (TPSA) is 54.5 Å². The number of hydrogen-bond donors (Lipinski definition) is 0. The van der Waals surface area contributed by atoms with Gasteiger partial charge in [0, 0.05) is 11.1 Å². The fourth-order valence-corrected chi connectivity index (χ4v) is 4.40. The summed E-state index contributed by atoms with van der Waals surface area (Å²) < 4.78 is 27.3. The molecule has 1 amide bonds. The number of halogens is 1. The molecule has 0 atom stereocenters. The molecule has 0 aromatic heterocycles. The Morgan fingerprint density at radius 1 is 0.966 bits per heavy atom. The van der Waals surface area contributed by atoms with Crippen LogP contribution in [0.4, 0.5) is 5.69 Å². The van der Waals surface area contributed by atoms with E-state index in [-0.39, 0.29) is 10.6 Å². The van der Waals surface area contributed by atoms with Crippen LogP contribution >= 0.6 is 11.6 Å². The van der Waals surface area contributed by atoms with E-state index in [1.54, 1.807) is 60.7 Å². The molecule has 0 unspecified atom stereocenters. The molecule has 4 nitrogen and oxygen atoms in total. The Labute approximate surface area is 176 Å². The summed E-state index contributed by atoms with van der Waals surface area (Å²) in [4.78, 5) is 13.0. The molecule has 0 fully saturated rings. The quantitative estimate of drug-likeness (QED) is 0.501. The van der Waals surface area contributed by atoms with Gasteiger partial charge in [0.25, 0.3) is 15.9 Å². The lowest BCUT2D eigenvalue weighted by molar-refractivity contribution is -0.113. The van der Waals surface area contributed by atoms with Crippen molar-refractivity contribution in [2.24, 2.45) is 0 Å². The third-order valence-corrected chi connectivity index (χ3v) is 6.30. The molecule has 6 heteroatoms. The number of carbonyl (C=O) groups excluding carboxylic acids is 1. The zero-order valence-corrected chi connectivity index (χ0v) is 17.4. The van der Waals surface area contributed by atoms with Crippen LogP contribution in [0.3, 0.4) is 0 Å². The van der Waals surface area contributed by atoms with Gasteiger partial charge >= 0.3 is 0 Å². The van der Waals surface area contributed by atoms with Gasteiger partial charge in [-0.3, -0.25) is 4.79 Å². The van der Waals surface area contributed by atoms with Crippen LogP contribution in [0, 0.1) is 0 Å². The van der Waals surface area contributed by atoms with E-state index in [9.17, 15) is 13.2 Å². The number of sulfonamides is 1. The third-order valence-electron chi connectivity index (χ3n) is 4.33. The molecular formula is C23H20ClNO3S. The Morgan fingerprint density at radius 2 is 1.66 bits per heavy atom. The van der Waals surface area contributed by atoms with Crippen LogP contribution in [0.5, 0.6) is 0 Å². The highest BCUT2D eigenvalue weighted by atomic mass is 35.5. The van der Waals surface area contributed by atoms with Gasteiger partial charge in [0.1, 0.15) is 0 Å². The Hall–Kier alpha value is -2.89. The number of benzene rings is 3. The number of aryl methyl sites for hydroxylation is 1. The van der Waals surface area contributed by atoms with Gasteiger partial charge in [-0.25, -0.2) is 8.42 Å². The minimum atomic E-state index is -4.08. The van der Waals surface area contributed by atoms with E-state index in [4.69, 9.17) is 11.6 Å². The van der Waals surface area contributed by atoms with Crippen molar-refractivity contribution in [3.05, 3.63) is 101 Å². The summed E-state index contributed by atoms with van der Waals surface area (Å²) in [6.45, 7) is 2.01. The monoisotopic (exact) mass is 425 g/mol. The first-order valence-corrected chi connectivity index (χ1v) is 10.9. The molecule has 3 aromatic rings. The van der Waals surface area contributed by atoms with Crippen molar-refractivity contribution in [2.45, 2.75) is 18.2 Å². The van der Waals surface area contributed by atoms with Gasteiger partial charge in [-0.2, -0.15) is 4.31 Å². The molecule has 0 radical (unpaired) electrons. The number of carbonyl (C=O) groups is 1. The number of nitrogens with zero attached hydrogens (tertiary/aromatic N) is 1.